The number of nitrogens with zero attached hydrogens (tertiary/aromatic N) is 1. The normalized spacial score (nSPS) is 15.0. The number of aliphatic imine (C=N–C) groups is 1. The molecule has 1 aliphatic heterocycles. The molecule has 0 aromatic heterocycles. The lowest BCUT2D eigenvalue weighted by Gasteiger charge is -1.99. The van der Waals surface area contributed by atoms with Crippen LogP contribution in [0.2, 0.25) is 0 Å². The van der Waals surface area contributed by atoms with Gasteiger partial charge in [-0.2, -0.15) is 4.99 Å². The maximum atomic E-state index is 11.7. The number of thioether (sulfide) groups is 2. The van der Waals surface area contributed by atoms with Crippen molar-refractivity contribution in [3.8, 4) is 0 Å². The molecule has 1 heterocycles. The second-order valence-electron chi connectivity index (χ2n) is 3.14. The van der Waals surface area contributed by atoms with Crippen LogP contribution in [0.25, 0.3) is 0 Å². The minimum absolute atomic E-state index is 0.0632. The quantitative estimate of drug-likeness (QED) is 0.773. The fourth-order valence-corrected chi connectivity index (χ4v) is 2.95. The molecular formula is C11H9NO2S2. The number of carbonyl (C=O) groups is 2. The van der Waals surface area contributed by atoms with Crippen LogP contribution in [0, 0.1) is 0 Å². The van der Waals surface area contributed by atoms with E-state index in [2.05, 4.69) is 4.99 Å². The fraction of sp³-hybridized carbons (Fsp3) is 0.182. The summed E-state index contributed by atoms with van der Waals surface area (Å²) in [6, 6.07) is 9.13. The molecule has 0 fully saturated rings. The fourth-order valence-electron chi connectivity index (χ4n) is 1.20. The van der Waals surface area contributed by atoms with Crippen LogP contribution >= 0.6 is 23.5 Å². The first-order valence-corrected chi connectivity index (χ1v) is 6.68. The zero-order valence-electron chi connectivity index (χ0n) is 8.38. The van der Waals surface area contributed by atoms with E-state index >= 15 is 0 Å². The number of rotatable bonds is 3. The molecule has 0 saturated carbocycles. The van der Waals surface area contributed by atoms with E-state index < -0.39 is 0 Å². The van der Waals surface area contributed by atoms with Crippen molar-refractivity contribution in [2.75, 3.05) is 11.5 Å². The van der Waals surface area contributed by atoms with Crippen molar-refractivity contribution < 1.29 is 9.59 Å². The van der Waals surface area contributed by atoms with Gasteiger partial charge in [0.2, 0.25) is 0 Å². The minimum atomic E-state index is -0.111. The number of hydrogen-bond acceptors (Lipinski definition) is 4. The Hall–Kier alpha value is -1.07. The molecule has 0 atom stereocenters. The maximum absolute atomic E-state index is 11.7. The van der Waals surface area contributed by atoms with Gasteiger partial charge in [0.15, 0.2) is 5.78 Å². The second-order valence-corrected chi connectivity index (χ2v) is 5.32. The zero-order valence-corrected chi connectivity index (χ0v) is 10.0. The largest absolute Gasteiger partial charge is 0.293 e. The van der Waals surface area contributed by atoms with E-state index in [1.54, 1.807) is 12.1 Å². The van der Waals surface area contributed by atoms with Crippen molar-refractivity contribution >= 4 is 39.6 Å². The Morgan fingerprint density at radius 2 is 2.12 bits per heavy atom. The van der Waals surface area contributed by atoms with Gasteiger partial charge in [0, 0.05) is 5.56 Å². The van der Waals surface area contributed by atoms with Gasteiger partial charge in [0.1, 0.15) is 4.38 Å². The lowest BCUT2D eigenvalue weighted by molar-refractivity contribution is -0.115. The Balaban J connectivity index is 1.90. The van der Waals surface area contributed by atoms with E-state index in [0.29, 0.717) is 21.4 Å². The van der Waals surface area contributed by atoms with Crippen LogP contribution in [0.4, 0.5) is 0 Å². The predicted octanol–water partition coefficient (Wildman–Crippen LogP) is 2.23. The average Bonchev–Trinajstić information content (AvgIpc) is 2.73. The number of amides is 1. The van der Waals surface area contributed by atoms with Crippen molar-refractivity contribution in [3.05, 3.63) is 35.9 Å². The lowest BCUT2D eigenvalue weighted by atomic mass is 10.2. The van der Waals surface area contributed by atoms with Gasteiger partial charge in [-0.15, -0.1) is 0 Å². The van der Waals surface area contributed by atoms with Gasteiger partial charge >= 0.3 is 0 Å². The van der Waals surface area contributed by atoms with Crippen LogP contribution in [0.15, 0.2) is 35.3 Å². The number of ketones is 1. The van der Waals surface area contributed by atoms with Crippen molar-refractivity contribution in [1.29, 1.82) is 0 Å². The van der Waals surface area contributed by atoms with Crippen LogP contribution in [0.1, 0.15) is 10.4 Å². The molecule has 2 rings (SSSR count). The monoisotopic (exact) mass is 251 g/mol. The van der Waals surface area contributed by atoms with Gasteiger partial charge in [-0.05, 0) is 0 Å². The van der Waals surface area contributed by atoms with E-state index in [0.717, 1.165) is 0 Å². The van der Waals surface area contributed by atoms with Crippen molar-refractivity contribution in [3.63, 3.8) is 0 Å². The molecule has 0 bridgehead atoms. The first kappa shape index (κ1) is 11.4. The first-order chi connectivity index (χ1) is 7.75. The van der Waals surface area contributed by atoms with Crippen LogP contribution in [0.5, 0.6) is 0 Å². The summed E-state index contributed by atoms with van der Waals surface area (Å²) in [7, 11) is 0. The summed E-state index contributed by atoms with van der Waals surface area (Å²) < 4.78 is 0.703. The van der Waals surface area contributed by atoms with E-state index in [9.17, 15) is 9.59 Å². The molecule has 0 aliphatic carbocycles. The van der Waals surface area contributed by atoms with E-state index in [1.807, 2.05) is 18.2 Å². The number of Topliss-reactive ketones (excluding diaryl/α,β-unsaturated/α-hetero) is 1. The smallest absolute Gasteiger partial charge is 0.257 e. The van der Waals surface area contributed by atoms with Crippen molar-refractivity contribution in [2.24, 2.45) is 4.99 Å². The standard InChI is InChI=1S/C11H9NO2S2/c13-9(8-4-2-1-3-5-8)6-15-11-12-10(14)7-16-11/h1-5H,6-7H2. The third-order valence-electron chi connectivity index (χ3n) is 1.96. The molecule has 0 spiro atoms. The van der Waals surface area contributed by atoms with E-state index in [1.165, 1.54) is 23.5 Å². The molecule has 0 saturated heterocycles. The van der Waals surface area contributed by atoms with Gasteiger partial charge in [-0.25, -0.2) is 0 Å². The summed E-state index contributed by atoms with van der Waals surface area (Å²) in [5.41, 5.74) is 0.699. The summed E-state index contributed by atoms with van der Waals surface area (Å²) in [5, 5.41) is 0. The molecule has 0 N–H and O–H groups in total. The SMILES string of the molecule is O=C1CSC(SCC(=O)c2ccccc2)=N1. The number of hydrogen-bond donors (Lipinski definition) is 0. The maximum Gasteiger partial charge on any atom is 0.257 e. The van der Waals surface area contributed by atoms with Gasteiger partial charge in [-0.3, -0.25) is 9.59 Å². The van der Waals surface area contributed by atoms with Gasteiger partial charge in [0.25, 0.3) is 5.91 Å². The van der Waals surface area contributed by atoms with Crippen molar-refractivity contribution in [1.82, 2.24) is 0 Å². The number of carbonyl (C=O) groups excluding carboxylic acids is 2. The lowest BCUT2D eigenvalue weighted by Crippen LogP contribution is -2.03. The van der Waals surface area contributed by atoms with E-state index in [4.69, 9.17) is 0 Å². The van der Waals surface area contributed by atoms with Gasteiger partial charge in [-0.1, -0.05) is 53.9 Å². The average molecular weight is 251 g/mol. The molecule has 82 valence electrons. The van der Waals surface area contributed by atoms with Gasteiger partial charge in [0.05, 0.1) is 11.5 Å². The highest BCUT2D eigenvalue weighted by Gasteiger charge is 2.16. The first-order valence-electron chi connectivity index (χ1n) is 4.71. The van der Waals surface area contributed by atoms with Crippen LogP contribution in [-0.2, 0) is 4.79 Å². The molecule has 0 radical (unpaired) electrons. The Kier molecular flexibility index (Phi) is 3.79. The third-order valence-corrected chi connectivity index (χ3v) is 4.14. The Labute approximate surface area is 102 Å². The number of benzene rings is 1. The molecule has 0 unspecified atom stereocenters. The van der Waals surface area contributed by atoms with Gasteiger partial charge < -0.3 is 0 Å². The topological polar surface area (TPSA) is 46.5 Å². The Morgan fingerprint density at radius 3 is 2.75 bits per heavy atom. The molecule has 1 aromatic carbocycles. The molecule has 1 amide bonds. The highest BCUT2D eigenvalue weighted by molar-refractivity contribution is 8.39. The third kappa shape index (κ3) is 2.96. The van der Waals surface area contributed by atoms with Crippen LogP contribution in [0.3, 0.4) is 0 Å². The highest BCUT2D eigenvalue weighted by Crippen LogP contribution is 2.23. The van der Waals surface area contributed by atoms with Crippen LogP contribution < -0.4 is 0 Å². The Morgan fingerprint density at radius 1 is 1.38 bits per heavy atom. The zero-order chi connectivity index (χ0) is 11.4. The molecular weight excluding hydrogens is 242 g/mol. The second kappa shape index (κ2) is 5.32. The molecule has 1 aromatic rings. The molecule has 1 aliphatic rings. The summed E-state index contributed by atoms with van der Waals surface area (Å²) in [6.45, 7) is 0. The van der Waals surface area contributed by atoms with Crippen LogP contribution in [-0.4, -0.2) is 27.6 Å². The minimum Gasteiger partial charge on any atom is -0.293 e. The summed E-state index contributed by atoms with van der Waals surface area (Å²) in [5.74, 6) is 0.693. The van der Waals surface area contributed by atoms with Crippen molar-refractivity contribution in [2.45, 2.75) is 0 Å². The molecule has 5 heteroatoms. The summed E-state index contributed by atoms with van der Waals surface area (Å²) in [6.07, 6.45) is 0. The molecule has 16 heavy (non-hydrogen) atoms. The van der Waals surface area contributed by atoms with E-state index in [-0.39, 0.29) is 11.7 Å². The highest BCUT2D eigenvalue weighted by atomic mass is 32.2. The predicted molar refractivity (Wildman–Crippen MR) is 68.1 cm³/mol. The summed E-state index contributed by atoms with van der Waals surface area (Å²) >= 11 is 2.73. The molecule has 3 nitrogen and oxygen atoms in total. The summed E-state index contributed by atoms with van der Waals surface area (Å²) in [4.78, 5) is 26.4. The Bertz CT molecular complexity index is 443.